The van der Waals surface area contributed by atoms with E-state index in [0.717, 1.165) is 18.2 Å². The third-order valence-corrected chi connectivity index (χ3v) is 4.10. The zero-order chi connectivity index (χ0) is 18.0. The van der Waals surface area contributed by atoms with Crippen LogP contribution in [0.3, 0.4) is 0 Å². The molecule has 3 aromatic carbocycles. The van der Waals surface area contributed by atoms with Crippen molar-refractivity contribution >= 4 is 17.4 Å². The highest BCUT2D eigenvalue weighted by Crippen LogP contribution is 2.26. The van der Waals surface area contributed by atoms with Crippen LogP contribution in [0, 0.1) is 17.5 Å². The van der Waals surface area contributed by atoms with Crippen molar-refractivity contribution in [2.45, 2.75) is 6.42 Å². The smallest absolute Gasteiger partial charge is 0.167 e. The van der Waals surface area contributed by atoms with E-state index in [1.54, 1.807) is 24.3 Å². The number of benzene rings is 3. The number of hydrogen-bond acceptors (Lipinski definition) is 1. The standard InChI is InChI=1S/C20H12ClF3O/c21-14-7-4-12(5-8-14)15-9-6-13(10-19(15)24)20(25)11-16-17(22)2-1-3-18(16)23/h1-10H,11H2. The highest BCUT2D eigenvalue weighted by Gasteiger charge is 2.16. The molecule has 3 aromatic rings. The zero-order valence-electron chi connectivity index (χ0n) is 12.9. The maximum Gasteiger partial charge on any atom is 0.167 e. The molecule has 0 radical (unpaired) electrons. The number of hydrogen-bond donors (Lipinski definition) is 0. The number of Topliss-reactive ketones (excluding diaryl/α,β-unsaturated/α-hetero) is 1. The van der Waals surface area contributed by atoms with Gasteiger partial charge in [0.2, 0.25) is 0 Å². The lowest BCUT2D eigenvalue weighted by molar-refractivity contribution is 0.0990. The van der Waals surface area contributed by atoms with Gasteiger partial charge in [0, 0.05) is 28.1 Å². The Bertz CT molecular complexity index is 916. The summed E-state index contributed by atoms with van der Waals surface area (Å²) in [6, 6.07) is 14.0. The van der Waals surface area contributed by atoms with Crippen LogP contribution in [-0.4, -0.2) is 5.78 Å². The van der Waals surface area contributed by atoms with E-state index in [0.29, 0.717) is 16.1 Å². The predicted octanol–water partition coefficient (Wildman–Crippen LogP) is 5.85. The Balaban J connectivity index is 1.87. The summed E-state index contributed by atoms with van der Waals surface area (Å²) in [5.74, 6) is -2.76. The molecule has 0 aliphatic heterocycles. The number of carbonyl (C=O) groups is 1. The molecule has 0 saturated carbocycles. The molecule has 0 atom stereocenters. The summed E-state index contributed by atoms with van der Waals surface area (Å²) < 4.78 is 41.7. The number of rotatable bonds is 4. The maximum absolute atomic E-state index is 14.4. The van der Waals surface area contributed by atoms with Gasteiger partial charge in [0.05, 0.1) is 0 Å². The number of halogens is 4. The molecular weight excluding hydrogens is 349 g/mol. The van der Waals surface area contributed by atoms with Gasteiger partial charge in [-0.05, 0) is 35.9 Å². The van der Waals surface area contributed by atoms with E-state index in [1.807, 2.05) is 0 Å². The van der Waals surface area contributed by atoms with E-state index < -0.39 is 29.7 Å². The molecule has 25 heavy (non-hydrogen) atoms. The van der Waals surface area contributed by atoms with Crippen molar-refractivity contribution in [3.05, 3.63) is 94.3 Å². The lowest BCUT2D eigenvalue weighted by atomic mass is 9.98. The van der Waals surface area contributed by atoms with Crippen LogP contribution in [-0.2, 0) is 6.42 Å². The topological polar surface area (TPSA) is 17.1 Å². The molecule has 0 saturated heterocycles. The first-order valence-corrected chi connectivity index (χ1v) is 7.85. The Morgan fingerprint density at radius 1 is 0.840 bits per heavy atom. The van der Waals surface area contributed by atoms with Gasteiger partial charge >= 0.3 is 0 Å². The van der Waals surface area contributed by atoms with Crippen LogP contribution in [0.1, 0.15) is 15.9 Å². The largest absolute Gasteiger partial charge is 0.294 e. The van der Waals surface area contributed by atoms with E-state index >= 15 is 0 Å². The lowest BCUT2D eigenvalue weighted by Crippen LogP contribution is -2.08. The molecule has 0 bridgehead atoms. The molecule has 0 aliphatic rings. The molecule has 5 heteroatoms. The van der Waals surface area contributed by atoms with Crippen molar-refractivity contribution in [2.75, 3.05) is 0 Å². The Morgan fingerprint density at radius 2 is 1.48 bits per heavy atom. The van der Waals surface area contributed by atoms with Gasteiger partial charge < -0.3 is 0 Å². The molecule has 1 nitrogen and oxygen atoms in total. The van der Waals surface area contributed by atoms with Crippen LogP contribution in [0.4, 0.5) is 13.2 Å². The average molecular weight is 361 g/mol. The first-order chi connectivity index (χ1) is 12.0. The van der Waals surface area contributed by atoms with Gasteiger partial charge in [0.1, 0.15) is 17.5 Å². The third kappa shape index (κ3) is 3.74. The molecule has 0 aromatic heterocycles. The molecule has 0 amide bonds. The fourth-order valence-corrected chi connectivity index (χ4v) is 2.64. The van der Waals surface area contributed by atoms with E-state index in [1.165, 1.54) is 18.2 Å². The minimum Gasteiger partial charge on any atom is -0.294 e. The summed E-state index contributed by atoms with van der Waals surface area (Å²) in [7, 11) is 0. The highest BCUT2D eigenvalue weighted by molar-refractivity contribution is 6.30. The quantitative estimate of drug-likeness (QED) is 0.533. The van der Waals surface area contributed by atoms with Crippen molar-refractivity contribution in [3.63, 3.8) is 0 Å². The van der Waals surface area contributed by atoms with Crippen molar-refractivity contribution in [3.8, 4) is 11.1 Å². The minimum atomic E-state index is -0.799. The fourth-order valence-electron chi connectivity index (χ4n) is 2.52. The van der Waals surface area contributed by atoms with E-state index in [4.69, 9.17) is 11.6 Å². The maximum atomic E-state index is 14.4. The minimum absolute atomic E-state index is 0.0536. The summed E-state index contributed by atoms with van der Waals surface area (Å²) in [4.78, 5) is 12.2. The SMILES string of the molecule is O=C(Cc1c(F)cccc1F)c1ccc(-c2ccc(Cl)cc2)c(F)c1. The van der Waals surface area contributed by atoms with Gasteiger partial charge in [-0.3, -0.25) is 4.79 Å². The van der Waals surface area contributed by atoms with Crippen LogP contribution in [0.25, 0.3) is 11.1 Å². The van der Waals surface area contributed by atoms with Crippen molar-refractivity contribution in [2.24, 2.45) is 0 Å². The Kier molecular flexibility index (Phi) is 4.91. The summed E-state index contributed by atoms with van der Waals surface area (Å²) in [5, 5.41) is 0.530. The first kappa shape index (κ1) is 17.2. The molecular formula is C20H12ClF3O. The Labute approximate surface area is 147 Å². The Morgan fingerprint density at radius 3 is 2.08 bits per heavy atom. The molecule has 0 unspecified atom stereocenters. The summed E-state index contributed by atoms with van der Waals surface area (Å²) in [6.45, 7) is 0. The molecule has 0 aliphatic carbocycles. The fraction of sp³-hybridized carbons (Fsp3) is 0.0500. The molecule has 0 spiro atoms. The van der Waals surface area contributed by atoms with Crippen molar-refractivity contribution in [1.82, 2.24) is 0 Å². The normalized spacial score (nSPS) is 10.7. The van der Waals surface area contributed by atoms with Crippen LogP contribution >= 0.6 is 11.6 Å². The second kappa shape index (κ2) is 7.11. The average Bonchev–Trinajstić information content (AvgIpc) is 2.59. The summed E-state index contributed by atoms with van der Waals surface area (Å²) >= 11 is 5.81. The predicted molar refractivity (Wildman–Crippen MR) is 91.2 cm³/mol. The molecule has 126 valence electrons. The molecule has 3 rings (SSSR count). The first-order valence-electron chi connectivity index (χ1n) is 7.47. The number of ketones is 1. The van der Waals surface area contributed by atoms with Crippen LogP contribution in [0.15, 0.2) is 60.7 Å². The van der Waals surface area contributed by atoms with Crippen molar-refractivity contribution < 1.29 is 18.0 Å². The summed E-state index contributed by atoms with van der Waals surface area (Å²) in [5.41, 5.74) is 0.652. The molecule has 0 fully saturated rings. The van der Waals surface area contributed by atoms with Gasteiger partial charge in [-0.15, -0.1) is 0 Å². The van der Waals surface area contributed by atoms with Crippen LogP contribution < -0.4 is 0 Å². The van der Waals surface area contributed by atoms with Gasteiger partial charge in [0.15, 0.2) is 5.78 Å². The van der Waals surface area contributed by atoms with Gasteiger partial charge in [0.25, 0.3) is 0 Å². The number of carbonyl (C=O) groups excluding carboxylic acids is 1. The second-order valence-corrected chi connectivity index (χ2v) is 5.94. The van der Waals surface area contributed by atoms with E-state index in [9.17, 15) is 18.0 Å². The monoisotopic (exact) mass is 360 g/mol. The van der Waals surface area contributed by atoms with Crippen LogP contribution in [0.2, 0.25) is 5.02 Å². The van der Waals surface area contributed by atoms with E-state index in [2.05, 4.69) is 0 Å². The third-order valence-electron chi connectivity index (χ3n) is 3.85. The van der Waals surface area contributed by atoms with Crippen molar-refractivity contribution in [1.29, 1.82) is 0 Å². The lowest BCUT2D eigenvalue weighted by Gasteiger charge is -2.08. The Hall–Kier alpha value is -2.59. The molecule has 0 heterocycles. The molecule has 0 N–H and O–H groups in total. The van der Waals surface area contributed by atoms with Gasteiger partial charge in [-0.25, -0.2) is 13.2 Å². The summed E-state index contributed by atoms with van der Waals surface area (Å²) in [6.07, 6.45) is -0.474. The van der Waals surface area contributed by atoms with Crippen LogP contribution in [0.5, 0.6) is 0 Å². The highest BCUT2D eigenvalue weighted by atomic mass is 35.5. The second-order valence-electron chi connectivity index (χ2n) is 5.50. The van der Waals surface area contributed by atoms with E-state index in [-0.39, 0.29) is 11.1 Å². The van der Waals surface area contributed by atoms with Gasteiger partial charge in [-0.1, -0.05) is 41.9 Å². The van der Waals surface area contributed by atoms with Gasteiger partial charge in [-0.2, -0.15) is 0 Å². The zero-order valence-corrected chi connectivity index (χ0v) is 13.7.